The number of aryl methyl sites for hydroxylation is 1. The number of piperidine rings is 1. The van der Waals surface area contributed by atoms with E-state index in [0.29, 0.717) is 35.1 Å². The Morgan fingerprint density at radius 2 is 1.92 bits per heavy atom. The number of amides is 1. The number of carbonyl (C=O) groups excluding carboxylic acids is 1. The highest BCUT2D eigenvalue weighted by molar-refractivity contribution is 7.92. The van der Waals surface area contributed by atoms with Crippen LogP contribution in [0.5, 0.6) is 5.75 Å². The first-order valence-corrected chi connectivity index (χ1v) is 10.1. The maximum atomic E-state index is 12.5. The predicted octanol–water partition coefficient (Wildman–Crippen LogP) is 2.44. The monoisotopic (exact) mass is 374 g/mol. The van der Waals surface area contributed by atoms with Gasteiger partial charge in [0.25, 0.3) is 0 Å². The minimum atomic E-state index is -3.65. The average Bonchev–Trinajstić information content (AvgIpc) is 2.54. The summed E-state index contributed by atoms with van der Waals surface area (Å²) in [4.78, 5) is 14.3. The normalized spacial score (nSPS) is 15.2. The van der Waals surface area contributed by atoms with Crippen LogP contribution >= 0.6 is 11.6 Å². The summed E-state index contributed by atoms with van der Waals surface area (Å²) in [6, 6.07) is 3.20. The lowest BCUT2D eigenvalue weighted by Crippen LogP contribution is -2.44. The first-order chi connectivity index (χ1) is 11.2. The number of methoxy groups -OCH3 is 1. The van der Waals surface area contributed by atoms with Gasteiger partial charge in [0, 0.05) is 24.2 Å². The van der Waals surface area contributed by atoms with Gasteiger partial charge in [-0.25, -0.2) is 8.42 Å². The van der Waals surface area contributed by atoms with E-state index in [4.69, 9.17) is 16.3 Å². The van der Waals surface area contributed by atoms with Crippen LogP contribution in [0.15, 0.2) is 12.1 Å². The molecule has 0 saturated carbocycles. The fraction of sp³-hybridized carbons (Fsp3) is 0.562. The SMILES string of the molecule is COc1cc(Cl)c(C)cc1N(CC(=O)N1CCCCC1)S(C)(=O)=O. The zero-order valence-corrected chi connectivity index (χ0v) is 15.8. The van der Waals surface area contributed by atoms with Crippen molar-refractivity contribution in [2.75, 3.05) is 37.3 Å². The maximum absolute atomic E-state index is 12.5. The van der Waals surface area contributed by atoms with Crippen molar-refractivity contribution >= 4 is 33.2 Å². The highest BCUT2D eigenvalue weighted by Crippen LogP contribution is 2.35. The average molecular weight is 375 g/mol. The van der Waals surface area contributed by atoms with E-state index in [9.17, 15) is 13.2 Å². The number of anilines is 1. The fourth-order valence-corrected chi connectivity index (χ4v) is 3.75. The summed E-state index contributed by atoms with van der Waals surface area (Å²) in [6.45, 7) is 2.88. The highest BCUT2D eigenvalue weighted by Gasteiger charge is 2.27. The molecule has 1 aromatic carbocycles. The Hall–Kier alpha value is -1.47. The smallest absolute Gasteiger partial charge is 0.243 e. The molecule has 24 heavy (non-hydrogen) atoms. The van der Waals surface area contributed by atoms with Crippen molar-refractivity contribution in [3.63, 3.8) is 0 Å². The Morgan fingerprint density at radius 1 is 1.29 bits per heavy atom. The second kappa shape index (κ2) is 7.61. The maximum Gasteiger partial charge on any atom is 0.243 e. The molecule has 0 unspecified atom stereocenters. The Balaban J connectivity index is 2.36. The second-order valence-electron chi connectivity index (χ2n) is 5.98. The summed E-state index contributed by atoms with van der Waals surface area (Å²) < 4.78 is 30.9. The topological polar surface area (TPSA) is 66.9 Å². The van der Waals surface area contributed by atoms with Gasteiger partial charge in [0.1, 0.15) is 12.3 Å². The molecule has 1 fully saturated rings. The molecule has 0 spiro atoms. The van der Waals surface area contributed by atoms with Crippen LogP contribution in [-0.2, 0) is 14.8 Å². The van der Waals surface area contributed by atoms with Crippen LogP contribution in [0.25, 0.3) is 0 Å². The molecule has 6 nitrogen and oxygen atoms in total. The Bertz CT molecular complexity index is 715. The van der Waals surface area contributed by atoms with Crippen molar-refractivity contribution in [1.29, 1.82) is 0 Å². The minimum absolute atomic E-state index is 0.199. The Morgan fingerprint density at radius 3 is 2.46 bits per heavy atom. The Kier molecular flexibility index (Phi) is 5.98. The number of carbonyl (C=O) groups is 1. The van der Waals surface area contributed by atoms with Gasteiger partial charge in [0.15, 0.2) is 0 Å². The number of likely N-dealkylation sites (tertiary alicyclic amines) is 1. The summed E-state index contributed by atoms with van der Waals surface area (Å²) in [6.07, 6.45) is 4.09. The largest absolute Gasteiger partial charge is 0.494 e. The van der Waals surface area contributed by atoms with E-state index < -0.39 is 10.0 Å². The van der Waals surface area contributed by atoms with Gasteiger partial charge in [-0.15, -0.1) is 0 Å². The lowest BCUT2D eigenvalue weighted by atomic mass is 10.1. The van der Waals surface area contributed by atoms with Gasteiger partial charge < -0.3 is 9.64 Å². The van der Waals surface area contributed by atoms with Gasteiger partial charge in [-0.2, -0.15) is 0 Å². The second-order valence-corrected chi connectivity index (χ2v) is 8.30. The van der Waals surface area contributed by atoms with Gasteiger partial charge in [-0.05, 0) is 37.8 Å². The zero-order chi connectivity index (χ0) is 17.9. The molecule has 0 aliphatic carbocycles. The number of sulfonamides is 1. The molecule has 1 heterocycles. The summed E-state index contributed by atoms with van der Waals surface area (Å²) in [7, 11) is -2.21. The molecule has 1 aliphatic heterocycles. The lowest BCUT2D eigenvalue weighted by Gasteiger charge is -2.30. The van der Waals surface area contributed by atoms with Crippen molar-refractivity contribution in [2.24, 2.45) is 0 Å². The van der Waals surface area contributed by atoms with E-state index in [1.165, 1.54) is 7.11 Å². The van der Waals surface area contributed by atoms with E-state index in [-0.39, 0.29) is 12.5 Å². The van der Waals surface area contributed by atoms with Crippen LogP contribution in [0.3, 0.4) is 0 Å². The number of nitrogens with zero attached hydrogens (tertiary/aromatic N) is 2. The van der Waals surface area contributed by atoms with Crippen LogP contribution < -0.4 is 9.04 Å². The van der Waals surface area contributed by atoms with Crippen molar-refractivity contribution in [1.82, 2.24) is 4.90 Å². The molecule has 0 aromatic heterocycles. The van der Waals surface area contributed by atoms with E-state index in [1.807, 2.05) is 0 Å². The number of ether oxygens (including phenoxy) is 1. The third kappa shape index (κ3) is 4.33. The summed E-state index contributed by atoms with van der Waals surface area (Å²) in [5.74, 6) is 0.122. The third-order valence-corrected chi connectivity index (χ3v) is 5.65. The molecule has 1 amide bonds. The van der Waals surface area contributed by atoms with E-state index in [0.717, 1.165) is 29.8 Å². The molecule has 1 aromatic rings. The number of benzene rings is 1. The summed E-state index contributed by atoms with van der Waals surface area (Å²) in [5, 5.41) is 0.478. The number of rotatable bonds is 5. The zero-order valence-electron chi connectivity index (χ0n) is 14.2. The molecule has 0 atom stereocenters. The minimum Gasteiger partial charge on any atom is -0.494 e. The van der Waals surface area contributed by atoms with E-state index >= 15 is 0 Å². The van der Waals surface area contributed by atoms with Crippen LogP contribution in [0, 0.1) is 6.92 Å². The molecule has 2 rings (SSSR count). The molecule has 134 valence electrons. The summed E-state index contributed by atoms with van der Waals surface area (Å²) in [5.41, 5.74) is 1.04. The van der Waals surface area contributed by atoms with Crippen molar-refractivity contribution in [3.8, 4) is 5.75 Å². The molecular weight excluding hydrogens is 352 g/mol. The standard InChI is InChI=1S/C16H23ClN2O4S/c1-12-9-14(15(23-2)10-13(12)17)19(24(3,21)22)11-16(20)18-7-5-4-6-8-18/h9-10H,4-8,11H2,1-3H3. The molecule has 0 N–H and O–H groups in total. The Labute approximate surface area is 148 Å². The molecular formula is C16H23ClN2O4S. The summed E-state index contributed by atoms with van der Waals surface area (Å²) >= 11 is 6.09. The van der Waals surface area contributed by atoms with Crippen molar-refractivity contribution < 1.29 is 17.9 Å². The van der Waals surface area contributed by atoms with E-state index in [2.05, 4.69) is 0 Å². The fourth-order valence-electron chi connectivity index (χ4n) is 2.75. The van der Waals surface area contributed by atoms with Crippen LogP contribution in [0.2, 0.25) is 5.02 Å². The number of hydrogen-bond donors (Lipinski definition) is 0. The first kappa shape index (κ1) is 18.9. The van der Waals surface area contributed by atoms with Gasteiger partial charge >= 0.3 is 0 Å². The van der Waals surface area contributed by atoms with Gasteiger partial charge in [0.2, 0.25) is 15.9 Å². The first-order valence-electron chi connectivity index (χ1n) is 7.83. The van der Waals surface area contributed by atoms with Crippen LogP contribution in [0.1, 0.15) is 24.8 Å². The molecule has 0 radical (unpaired) electrons. The molecule has 1 saturated heterocycles. The number of halogens is 1. The quantitative estimate of drug-likeness (QED) is 0.793. The van der Waals surface area contributed by atoms with E-state index in [1.54, 1.807) is 24.0 Å². The molecule has 0 bridgehead atoms. The van der Waals surface area contributed by atoms with Crippen LogP contribution in [0.4, 0.5) is 5.69 Å². The number of hydrogen-bond acceptors (Lipinski definition) is 4. The lowest BCUT2D eigenvalue weighted by molar-refractivity contribution is -0.130. The van der Waals surface area contributed by atoms with Crippen LogP contribution in [-0.4, -0.2) is 52.2 Å². The molecule has 1 aliphatic rings. The van der Waals surface area contributed by atoms with Crippen molar-refractivity contribution in [3.05, 3.63) is 22.7 Å². The highest BCUT2D eigenvalue weighted by atomic mass is 35.5. The predicted molar refractivity (Wildman–Crippen MR) is 95.4 cm³/mol. The third-order valence-electron chi connectivity index (χ3n) is 4.12. The van der Waals surface area contributed by atoms with Gasteiger partial charge in [-0.3, -0.25) is 9.10 Å². The van der Waals surface area contributed by atoms with Gasteiger partial charge in [-0.1, -0.05) is 11.6 Å². The van der Waals surface area contributed by atoms with Gasteiger partial charge in [0.05, 0.1) is 19.1 Å². The van der Waals surface area contributed by atoms with Crippen molar-refractivity contribution in [2.45, 2.75) is 26.2 Å². The molecule has 8 heteroatoms.